The summed E-state index contributed by atoms with van der Waals surface area (Å²) in [6.07, 6.45) is -11.4. The average molecular weight is 424 g/mol. The highest BCUT2D eigenvalue weighted by atomic mass is 16.7. The van der Waals surface area contributed by atoms with Crippen LogP contribution in [0.3, 0.4) is 0 Å². The molecule has 29 heavy (non-hydrogen) atoms. The normalized spacial score (nSPS) is 31.2. The number of carbonyl (C=O) groups is 3. The minimum Gasteiger partial charge on any atom is -0.394 e. The molecule has 1 aliphatic rings. The Balaban J connectivity index is 3.16. The van der Waals surface area contributed by atoms with Crippen molar-refractivity contribution in [1.82, 2.24) is 10.6 Å². The van der Waals surface area contributed by atoms with Crippen molar-refractivity contribution in [2.45, 2.75) is 68.8 Å². The van der Waals surface area contributed by atoms with E-state index in [0.717, 1.165) is 13.8 Å². The Morgan fingerprint density at radius 2 is 1.76 bits per heavy atom. The lowest BCUT2D eigenvalue weighted by Crippen LogP contribution is -2.66. The molecule has 0 radical (unpaired) electrons. The molecule has 0 aliphatic carbocycles. The summed E-state index contributed by atoms with van der Waals surface area (Å²) in [7, 11) is 0. The van der Waals surface area contributed by atoms with Crippen LogP contribution >= 0.6 is 0 Å². The van der Waals surface area contributed by atoms with Gasteiger partial charge in [-0.1, -0.05) is 0 Å². The van der Waals surface area contributed by atoms with Gasteiger partial charge in [-0.05, 0) is 0 Å². The van der Waals surface area contributed by atoms with Crippen LogP contribution in [0.1, 0.15) is 13.8 Å². The van der Waals surface area contributed by atoms with E-state index >= 15 is 0 Å². The number of hydrogen-bond donors (Lipinski definition) is 8. The van der Waals surface area contributed by atoms with Gasteiger partial charge in [0.2, 0.25) is 11.8 Å². The van der Waals surface area contributed by atoms with E-state index in [4.69, 9.17) is 9.47 Å². The van der Waals surface area contributed by atoms with E-state index in [0.29, 0.717) is 0 Å². The van der Waals surface area contributed by atoms with Crippen molar-refractivity contribution in [3.63, 3.8) is 0 Å². The molecular formula is C16H28N2O11. The standard InChI is InChI=1S/C16H28N2O11/c1-6(22)17-8(3-19)12(25)15(9(24)4-20)29-16-11(18-7(2)23)14(27)13(26)10(5-21)28-16/h3,8-16,20-21,24-27H,4-5H2,1-2H3,(H,17,22)(H,18,23)/t8-,9+,10+,11+,12+,13+,14+,15+,16?/m0/s1. The topological polar surface area (TPSA) is 215 Å². The lowest BCUT2D eigenvalue weighted by atomic mass is 9.96. The van der Waals surface area contributed by atoms with Crippen LogP contribution in [0.15, 0.2) is 0 Å². The molecule has 1 aliphatic heterocycles. The van der Waals surface area contributed by atoms with Gasteiger partial charge in [0.25, 0.3) is 0 Å². The largest absolute Gasteiger partial charge is 0.394 e. The number of ether oxygens (including phenoxy) is 2. The second-order valence-corrected chi connectivity index (χ2v) is 6.64. The van der Waals surface area contributed by atoms with Crippen LogP contribution in [-0.4, -0.2) is 117 Å². The zero-order valence-corrected chi connectivity index (χ0v) is 15.9. The van der Waals surface area contributed by atoms with Gasteiger partial charge in [-0.25, -0.2) is 0 Å². The molecule has 13 nitrogen and oxygen atoms in total. The first-order chi connectivity index (χ1) is 13.6. The van der Waals surface area contributed by atoms with Crippen molar-refractivity contribution in [3.8, 4) is 0 Å². The van der Waals surface area contributed by atoms with Gasteiger partial charge in [0.1, 0.15) is 55.0 Å². The van der Waals surface area contributed by atoms with E-state index in [-0.39, 0.29) is 6.29 Å². The van der Waals surface area contributed by atoms with Gasteiger partial charge in [-0.2, -0.15) is 0 Å². The molecule has 0 aromatic rings. The van der Waals surface area contributed by atoms with E-state index in [1.807, 2.05) is 0 Å². The molecule has 1 saturated heterocycles. The molecule has 13 heteroatoms. The number of amides is 2. The van der Waals surface area contributed by atoms with Crippen LogP contribution < -0.4 is 10.6 Å². The Bertz CT molecular complexity index is 563. The third-order valence-corrected chi connectivity index (χ3v) is 4.33. The fraction of sp³-hybridized carbons (Fsp3) is 0.812. The van der Waals surface area contributed by atoms with Crippen LogP contribution in [0.5, 0.6) is 0 Å². The number of aliphatic hydroxyl groups is 6. The average Bonchev–Trinajstić information content (AvgIpc) is 2.67. The molecule has 168 valence electrons. The number of nitrogens with one attached hydrogen (secondary N) is 2. The van der Waals surface area contributed by atoms with E-state index in [1.165, 1.54) is 0 Å². The molecule has 9 atom stereocenters. The quantitative estimate of drug-likeness (QED) is 0.155. The van der Waals surface area contributed by atoms with Crippen molar-refractivity contribution in [1.29, 1.82) is 0 Å². The summed E-state index contributed by atoms with van der Waals surface area (Å²) in [4.78, 5) is 33.9. The second kappa shape index (κ2) is 11.5. The maximum atomic E-state index is 11.4. The molecule has 0 bridgehead atoms. The van der Waals surface area contributed by atoms with Crippen LogP contribution in [0.25, 0.3) is 0 Å². The van der Waals surface area contributed by atoms with Gasteiger partial charge in [-0.3, -0.25) is 9.59 Å². The monoisotopic (exact) mass is 424 g/mol. The van der Waals surface area contributed by atoms with E-state index in [2.05, 4.69) is 10.6 Å². The van der Waals surface area contributed by atoms with E-state index in [9.17, 15) is 45.0 Å². The fourth-order valence-electron chi connectivity index (χ4n) is 2.88. The Labute approximate surface area is 166 Å². The van der Waals surface area contributed by atoms with Gasteiger partial charge >= 0.3 is 0 Å². The van der Waals surface area contributed by atoms with Crippen LogP contribution in [0, 0.1) is 0 Å². The Kier molecular flexibility index (Phi) is 10.0. The van der Waals surface area contributed by atoms with Crippen molar-refractivity contribution < 1.29 is 54.5 Å². The van der Waals surface area contributed by atoms with Gasteiger partial charge in [-0.15, -0.1) is 0 Å². The molecule has 1 heterocycles. The summed E-state index contributed by atoms with van der Waals surface area (Å²) < 4.78 is 10.8. The van der Waals surface area contributed by atoms with Crippen LogP contribution in [0.4, 0.5) is 0 Å². The highest BCUT2D eigenvalue weighted by Gasteiger charge is 2.48. The van der Waals surface area contributed by atoms with Gasteiger partial charge < -0.3 is 55.5 Å². The molecule has 0 aromatic carbocycles. The van der Waals surface area contributed by atoms with Crippen molar-refractivity contribution >= 4 is 18.1 Å². The van der Waals surface area contributed by atoms with Gasteiger partial charge in [0.05, 0.1) is 13.2 Å². The number of hydrogen-bond acceptors (Lipinski definition) is 11. The number of rotatable bonds is 10. The molecule has 2 amide bonds. The molecule has 0 aromatic heterocycles. The molecule has 0 spiro atoms. The maximum Gasteiger partial charge on any atom is 0.217 e. The smallest absolute Gasteiger partial charge is 0.217 e. The number of aldehydes is 1. The van der Waals surface area contributed by atoms with Crippen molar-refractivity contribution in [2.24, 2.45) is 0 Å². The minimum atomic E-state index is -1.86. The Morgan fingerprint density at radius 1 is 1.14 bits per heavy atom. The SMILES string of the molecule is CC(=O)N[C@@H](C=O)[C@@H](O)[C@H](OC1O[C@H](CO)[C@@H](O)[C@H](O)[C@H]1NC(C)=O)[C@H](O)CO. The first-order valence-electron chi connectivity index (χ1n) is 8.81. The predicted molar refractivity (Wildman–Crippen MR) is 93.0 cm³/mol. The van der Waals surface area contributed by atoms with Gasteiger partial charge in [0.15, 0.2) is 6.29 Å². The molecule has 1 fully saturated rings. The van der Waals surface area contributed by atoms with E-state index in [1.54, 1.807) is 0 Å². The molecular weight excluding hydrogens is 396 g/mol. The van der Waals surface area contributed by atoms with Crippen LogP contribution in [-0.2, 0) is 23.9 Å². The lowest BCUT2D eigenvalue weighted by Gasteiger charge is -2.44. The first-order valence-corrected chi connectivity index (χ1v) is 8.81. The summed E-state index contributed by atoms with van der Waals surface area (Å²) in [5, 5.41) is 63.7. The summed E-state index contributed by atoms with van der Waals surface area (Å²) in [5.74, 6) is -1.30. The van der Waals surface area contributed by atoms with E-state index < -0.39 is 80.0 Å². The minimum absolute atomic E-state index is 0.189. The van der Waals surface area contributed by atoms with Crippen molar-refractivity contribution in [2.75, 3.05) is 13.2 Å². The second-order valence-electron chi connectivity index (χ2n) is 6.64. The molecule has 8 N–H and O–H groups in total. The zero-order valence-electron chi connectivity index (χ0n) is 15.9. The third kappa shape index (κ3) is 6.65. The number of aliphatic hydroxyl groups excluding tert-OH is 6. The molecule has 1 unspecified atom stereocenters. The maximum absolute atomic E-state index is 11.4. The highest BCUT2D eigenvalue weighted by molar-refractivity contribution is 5.77. The van der Waals surface area contributed by atoms with Crippen LogP contribution in [0.2, 0.25) is 0 Å². The Hall–Kier alpha value is -1.71. The predicted octanol–water partition coefficient (Wildman–Crippen LogP) is -5.27. The van der Waals surface area contributed by atoms with Gasteiger partial charge in [0, 0.05) is 13.8 Å². The molecule has 1 rings (SSSR count). The lowest BCUT2D eigenvalue weighted by molar-refractivity contribution is -0.299. The summed E-state index contributed by atoms with van der Waals surface area (Å²) >= 11 is 0. The highest BCUT2D eigenvalue weighted by Crippen LogP contribution is 2.25. The summed E-state index contributed by atoms with van der Waals surface area (Å²) in [6.45, 7) is 0.549. The van der Waals surface area contributed by atoms with Crippen molar-refractivity contribution in [3.05, 3.63) is 0 Å². The first kappa shape index (κ1) is 25.3. The third-order valence-electron chi connectivity index (χ3n) is 4.33. The zero-order chi connectivity index (χ0) is 22.3. The molecule has 0 saturated carbocycles. The summed E-state index contributed by atoms with van der Waals surface area (Å²) in [6, 6.07) is -2.91. The Morgan fingerprint density at radius 3 is 2.21 bits per heavy atom. The fourth-order valence-corrected chi connectivity index (χ4v) is 2.88. The number of carbonyl (C=O) groups excluding carboxylic acids is 3. The summed E-state index contributed by atoms with van der Waals surface area (Å²) in [5.41, 5.74) is 0.